The summed E-state index contributed by atoms with van der Waals surface area (Å²) in [7, 11) is 0. The van der Waals surface area contributed by atoms with Crippen molar-refractivity contribution in [2.75, 3.05) is 6.61 Å². The maximum absolute atomic E-state index is 14.0. The molecule has 0 N–H and O–H groups in total. The van der Waals surface area contributed by atoms with E-state index in [0.29, 0.717) is 0 Å². The quantitative estimate of drug-likeness (QED) is 0.275. The topological polar surface area (TPSA) is 180 Å². The van der Waals surface area contributed by atoms with Gasteiger partial charge in [-0.15, -0.1) is 0 Å². The van der Waals surface area contributed by atoms with E-state index in [1.54, 1.807) is 39.0 Å². The molecule has 5 rings (SSSR count). The summed E-state index contributed by atoms with van der Waals surface area (Å²) in [4.78, 5) is 83.2. The van der Waals surface area contributed by atoms with Crippen molar-refractivity contribution in [1.82, 2.24) is 4.98 Å². The lowest BCUT2D eigenvalue weighted by atomic mass is 9.47. The van der Waals surface area contributed by atoms with Gasteiger partial charge in [0.05, 0.1) is 22.6 Å². The highest BCUT2D eigenvalue weighted by atomic mass is 16.6. The molecule has 1 saturated heterocycles. The van der Waals surface area contributed by atoms with Crippen LogP contribution in [0.3, 0.4) is 0 Å². The first-order chi connectivity index (χ1) is 23.5. The van der Waals surface area contributed by atoms with Crippen LogP contribution in [-0.2, 0) is 52.3 Å². The van der Waals surface area contributed by atoms with Crippen molar-refractivity contribution in [3.05, 3.63) is 66.0 Å². The second-order valence-electron chi connectivity index (χ2n) is 13.5. The lowest BCUT2D eigenvalue weighted by molar-refractivity contribution is -0.327. The average Bonchev–Trinajstić information content (AvgIpc) is 3.24. The van der Waals surface area contributed by atoms with Crippen LogP contribution < -0.4 is 0 Å². The standard InChI is InChI=1S/C36H41NO13/c1-19-16-26(45-21(3)39)29(48-33(43)25-14-11-15-37-17-25)35(18-44-20(2)38)31(49-32(42)24-12-9-8-10-13-24)28(46-22(4)40)27-30(47-23(5)41)36(19,35)50-34(27,6)7/h8-15,17,19,26-31H,16,18H2,1-7H3/t19-,26?,27-,28-,29+,30-,31+,35+,36-/m1/s1. The van der Waals surface area contributed by atoms with Crippen LogP contribution in [0.25, 0.3) is 0 Å². The minimum absolute atomic E-state index is 0.00450. The fourth-order valence-electron chi connectivity index (χ4n) is 8.29. The number of aromatic nitrogens is 1. The Hall–Kier alpha value is -4.85. The van der Waals surface area contributed by atoms with Crippen molar-refractivity contribution in [2.45, 2.75) is 96.6 Å². The van der Waals surface area contributed by atoms with Crippen LogP contribution in [0, 0.1) is 17.3 Å². The molecule has 0 amide bonds. The molecule has 268 valence electrons. The zero-order valence-electron chi connectivity index (χ0n) is 28.9. The van der Waals surface area contributed by atoms with Gasteiger partial charge in [-0.25, -0.2) is 9.59 Å². The van der Waals surface area contributed by atoms with Crippen molar-refractivity contribution in [1.29, 1.82) is 0 Å². The number of esters is 6. The maximum Gasteiger partial charge on any atom is 0.340 e. The lowest BCUT2D eigenvalue weighted by Crippen LogP contribution is -2.81. The molecule has 1 aromatic carbocycles. The zero-order valence-corrected chi connectivity index (χ0v) is 28.9. The van der Waals surface area contributed by atoms with E-state index in [2.05, 4.69) is 4.98 Å². The summed E-state index contributed by atoms with van der Waals surface area (Å²) in [6.07, 6.45) is -4.42. The first kappa shape index (κ1) is 36.4. The summed E-state index contributed by atoms with van der Waals surface area (Å²) in [5.41, 5.74) is -4.93. The Bertz CT molecular complexity index is 1650. The summed E-state index contributed by atoms with van der Waals surface area (Å²) >= 11 is 0. The Kier molecular flexibility index (Phi) is 10.1. The lowest BCUT2D eigenvalue weighted by Gasteiger charge is -2.64. The van der Waals surface area contributed by atoms with Crippen LogP contribution in [0.5, 0.6) is 0 Å². The van der Waals surface area contributed by atoms with E-state index in [1.165, 1.54) is 50.5 Å². The second-order valence-corrected chi connectivity index (χ2v) is 13.5. The number of fused-ring (bicyclic) bond motifs is 1. The monoisotopic (exact) mass is 695 g/mol. The molecule has 3 aliphatic rings. The van der Waals surface area contributed by atoms with E-state index in [9.17, 15) is 28.8 Å². The van der Waals surface area contributed by atoms with Crippen molar-refractivity contribution in [2.24, 2.45) is 17.3 Å². The maximum atomic E-state index is 14.0. The number of hydrogen-bond donors (Lipinski definition) is 0. The Morgan fingerprint density at radius 2 is 1.34 bits per heavy atom. The number of hydrogen-bond acceptors (Lipinski definition) is 14. The molecule has 14 heteroatoms. The number of nitrogens with zero attached hydrogens (tertiary/aromatic N) is 1. The van der Waals surface area contributed by atoms with Crippen molar-refractivity contribution < 1.29 is 61.9 Å². The van der Waals surface area contributed by atoms with Gasteiger partial charge in [-0.2, -0.15) is 0 Å². The van der Waals surface area contributed by atoms with Crippen LogP contribution in [0.2, 0.25) is 0 Å². The van der Waals surface area contributed by atoms with E-state index >= 15 is 0 Å². The third-order valence-electron chi connectivity index (χ3n) is 9.84. The normalized spacial score (nSPS) is 32.0. The van der Waals surface area contributed by atoms with E-state index in [4.69, 9.17) is 33.2 Å². The summed E-state index contributed by atoms with van der Waals surface area (Å²) in [6, 6.07) is 11.0. The number of carbonyl (C=O) groups is 6. The number of carbonyl (C=O) groups excluding carboxylic acids is 6. The molecule has 2 bridgehead atoms. The highest BCUT2D eigenvalue weighted by Gasteiger charge is 2.85. The molecule has 2 heterocycles. The Morgan fingerprint density at radius 1 is 0.740 bits per heavy atom. The largest absolute Gasteiger partial charge is 0.465 e. The molecular weight excluding hydrogens is 654 g/mol. The Morgan fingerprint density at radius 3 is 1.92 bits per heavy atom. The van der Waals surface area contributed by atoms with Crippen molar-refractivity contribution in [3.63, 3.8) is 0 Å². The van der Waals surface area contributed by atoms with Gasteiger partial charge in [0, 0.05) is 40.1 Å². The molecule has 3 fully saturated rings. The minimum Gasteiger partial charge on any atom is -0.465 e. The summed E-state index contributed by atoms with van der Waals surface area (Å²) in [5, 5.41) is 0. The van der Waals surface area contributed by atoms with Gasteiger partial charge < -0.3 is 33.2 Å². The van der Waals surface area contributed by atoms with Gasteiger partial charge >= 0.3 is 35.8 Å². The highest BCUT2D eigenvalue weighted by Crippen LogP contribution is 2.68. The Balaban J connectivity index is 1.87. The van der Waals surface area contributed by atoms with Crippen LogP contribution in [0.4, 0.5) is 0 Å². The van der Waals surface area contributed by atoms with Gasteiger partial charge in [0.2, 0.25) is 0 Å². The van der Waals surface area contributed by atoms with Crippen LogP contribution >= 0.6 is 0 Å². The molecule has 1 spiro atoms. The van der Waals surface area contributed by atoms with E-state index in [0.717, 1.165) is 13.8 Å². The number of benzene rings is 1. The predicted octanol–water partition coefficient (Wildman–Crippen LogP) is 3.39. The van der Waals surface area contributed by atoms with Gasteiger partial charge in [0.25, 0.3) is 0 Å². The molecule has 1 aromatic heterocycles. The fourth-order valence-corrected chi connectivity index (χ4v) is 8.29. The smallest absolute Gasteiger partial charge is 0.340 e. The molecule has 0 radical (unpaired) electrons. The van der Waals surface area contributed by atoms with E-state index < -0.39 is 101 Å². The fraction of sp³-hybridized carbons (Fsp3) is 0.528. The van der Waals surface area contributed by atoms with Crippen LogP contribution in [0.15, 0.2) is 54.9 Å². The van der Waals surface area contributed by atoms with E-state index in [1.807, 2.05) is 0 Å². The second kappa shape index (κ2) is 13.8. The van der Waals surface area contributed by atoms with Gasteiger partial charge in [-0.1, -0.05) is 25.1 Å². The van der Waals surface area contributed by atoms with Gasteiger partial charge in [0.15, 0.2) is 12.2 Å². The molecule has 50 heavy (non-hydrogen) atoms. The number of pyridine rings is 1. The first-order valence-electron chi connectivity index (χ1n) is 16.3. The van der Waals surface area contributed by atoms with Crippen LogP contribution in [0.1, 0.15) is 75.6 Å². The van der Waals surface area contributed by atoms with Gasteiger partial charge in [-0.05, 0) is 50.5 Å². The van der Waals surface area contributed by atoms with Crippen molar-refractivity contribution >= 4 is 35.8 Å². The van der Waals surface area contributed by atoms with E-state index in [-0.39, 0.29) is 17.5 Å². The molecule has 1 aliphatic heterocycles. The minimum atomic E-state index is -2.05. The molecule has 2 aliphatic carbocycles. The summed E-state index contributed by atoms with van der Waals surface area (Å²) < 4.78 is 43.4. The molecule has 2 saturated carbocycles. The highest BCUT2D eigenvalue weighted by molar-refractivity contribution is 5.90. The Labute approximate surface area is 289 Å². The van der Waals surface area contributed by atoms with Gasteiger partial charge in [-0.3, -0.25) is 24.2 Å². The summed E-state index contributed by atoms with van der Waals surface area (Å²) in [5.74, 6) is -6.43. The summed E-state index contributed by atoms with van der Waals surface area (Å²) in [6.45, 7) is 9.18. The third kappa shape index (κ3) is 6.32. The van der Waals surface area contributed by atoms with Crippen molar-refractivity contribution in [3.8, 4) is 0 Å². The number of ether oxygens (including phenoxy) is 7. The van der Waals surface area contributed by atoms with Crippen LogP contribution in [-0.4, -0.2) is 89.1 Å². The molecule has 2 aromatic rings. The molecular formula is C36H41NO13. The third-order valence-corrected chi connectivity index (χ3v) is 9.84. The SMILES string of the molecule is CC(=O)OC[C@@]12[C@@H](OC(=O)c3cccnc3)C(OC(C)=O)C[C@@H](C)[C@]13OC(C)(C)[C@H]([C@@H](OC(C)=O)[C@@H]2OC(=O)c1ccccc1)[C@H]3OC(C)=O. The average molecular weight is 696 g/mol. The number of rotatable bonds is 9. The molecule has 9 atom stereocenters. The molecule has 14 nitrogen and oxygen atoms in total. The first-order valence-corrected chi connectivity index (χ1v) is 16.3. The van der Waals surface area contributed by atoms with Gasteiger partial charge in [0.1, 0.15) is 35.9 Å². The molecule has 1 unspecified atom stereocenters. The predicted molar refractivity (Wildman–Crippen MR) is 170 cm³/mol. The zero-order chi connectivity index (χ0) is 36.6.